The zero-order valence-corrected chi connectivity index (χ0v) is 76.2. The highest BCUT2D eigenvalue weighted by Crippen LogP contribution is 2.65. The molecule has 0 amide bonds. The number of hydrogen-bond acceptors (Lipinski definition) is 2. The van der Waals surface area contributed by atoms with Gasteiger partial charge in [-0.15, -0.1) is 0 Å². The van der Waals surface area contributed by atoms with Crippen molar-refractivity contribution in [1.29, 1.82) is 0 Å². The Balaban J connectivity index is 0.000000132. The topological polar surface area (TPSA) is 26.3 Å². The molecule has 30 rings (SSSR count). The van der Waals surface area contributed by atoms with Crippen LogP contribution in [0.25, 0.3) is 242 Å². The zero-order valence-electron chi connectivity index (χ0n) is 76.2. The number of rotatable bonds is 6. The molecule has 0 saturated heterocycles. The molecule has 0 atom stereocenters. The van der Waals surface area contributed by atoms with Crippen LogP contribution >= 0.6 is 0 Å². The van der Waals surface area contributed by atoms with Crippen molar-refractivity contribution in [3.63, 3.8) is 0 Å². The van der Waals surface area contributed by atoms with Crippen LogP contribution in [0.2, 0.25) is 0 Å². The third kappa shape index (κ3) is 10.5. The SMILES string of the molecule is CC1(C)c2ccc(-c3ccc4oc5ccc(-c6c7ccccc7c(-c7cc8c(c9ccccc79)-c7ccccc7C8(C)C)c7ccccc67)cc5c4c3)cc2-c2c1ccc1ccccc21.CC1(C)c2ccc(-c3ccc4oc5ccc(-c6c7ccccc7c(-c7ccc8c(c7)C7(c9ccccc9-c9ccccc97)c7ccccc7-8)c7ccccc67)cc5c4c3)cc2-c2c1ccc1ccccc21. The summed E-state index contributed by atoms with van der Waals surface area (Å²) in [5, 5.41) is 22.3. The second-order valence-corrected chi connectivity index (χ2v) is 40.1. The van der Waals surface area contributed by atoms with Crippen LogP contribution < -0.4 is 0 Å². The summed E-state index contributed by atoms with van der Waals surface area (Å²) in [4.78, 5) is 0. The highest BCUT2D eigenvalue weighted by Gasteiger charge is 2.52. The lowest BCUT2D eigenvalue weighted by atomic mass is 9.70. The molecule has 0 fully saturated rings. The summed E-state index contributed by atoms with van der Waals surface area (Å²) in [5.74, 6) is 0. The van der Waals surface area contributed by atoms with Gasteiger partial charge in [-0.25, -0.2) is 0 Å². The normalized spacial score (nSPS) is 14.3. The standard InChI is InChI=1S/C70H44O.C64H44O/c1-69(2)58-33-29-42(38-57(58)68-46-16-4-3-15-41(46)28-34-62(68)69)43-30-35-64-55(37-43)56-39-44(31-36-65(56)71-64)66-51-20-5-7-22-53(51)67(54-23-8-6-21-52(54)66)45-27-32-50-49-19-11-14-26-61(49)70(63(50)40-45)59-24-12-9-17-47(59)48-18-10-13-25-60(48)70;1-63(2)54-29-26-38(34-52(54)61-41-16-6-5-15-37(41)25-30-55(61)63)39-27-31-57-49(33-39)50-35-40(28-32-58(50)65-57)59-44-19-9-11-21-46(44)60(47-22-12-10-20-45(47)59)51-36-56-62(43-18-8-7-17-42(43)51)48-23-13-14-24-53(48)64(56,3)4/h3-40H,1-2H3;5-36H,1-4H3. The van der Waals surface area contributed by atoms with Crippen LogP contribution in [-0.2, 0) is 21.7 Å². The Kier molecular flexibility index (Phi) is 15.9. The molecule has 23 aromatic carbocycles. The molecule has 5 aliphatic rings. The van der Waals surface area contributed by atoms with E-state index in [0.717, 1.165) is 43.9 Å². The van der Waals surface area contributed by atoms with Gasteiger partial charge in [0, 0.05) is 37.8 Å². The summed E-state index contributed by atoms with van der Waals surface area (Å²) in [7, 11) is 0. The lowest BCUT2D eigenvalue weighted by Gasteiger charge is -2.30. The monoisotopic (exact) mass is 1730 g/mol. The first-order valence-corrected chi connectivity index (χ1v) is 48.0. The van der Waals surface area contributed by atoms with E-state index in [0.29, 0.717) is 0 Å². The molecule has 0 radical (unpaired) electrons. The van der Waals surface area contributed by atoms with E-state index in [1.54, 1.807) is 0 Å². The molecule has 136 heavy (non-hydrogen) atoms. The van der Waals surface area contributed by atoms with Crippen molar-refractivity contribution in [2.75, 3.05) is 0 Å². The highest BCUT2D eigenvalue weighted by atomic mass is 16.3. The van der Waals surface area contributed by atoms with Crippen LogP contribution in [-0.4, -0.2) is 0 Å². The van der Waals surface area contributed by atoms with Crippen molar-refractivity contribution in [2.24, 2.45) is 0 Å². The molecule has 2 aromatic heterocycles. The largest absolute Gasteiger partial charge is 0.456 e. The maximum atomic E-state index is 6.63. The Labute approximate surface area is 788 Å². The van der Waals surface area contributed by atoms with Gasteiger partial charge in [0.15, 0.2) is 0 Å². The van der Waals surface area contributed by atoms with Gasteiger partial charge in [-0.2, -0.15) is 0 Å². The molecule has 2 heterocycles. The number of benzene rings is 23. The molecule has 0 saturated carbocycles. The van der Waals surface area contributed by atoms with Crippen molar-refractivity contribution < 1.29 is 8.83 Å². The predicted molar refractivity (Wildman–Crippen MR) is 572 cm³/mol. The van der Waals surface area contributed by atoms with Crippen LogP contribution in [0.3, 0.4) is 0 Å². The van der Waals surface area contributed by atoms with Gasteiger partial charge >= 0.3 is 0 Å². The van der Waals surface area contributed by atoms with Crippen LogP contribution in [0.1, 0.15) is 97.2 Å². The van der Waals surface area contributed by atoms with Crippen LogP contribution in [0.4, 0.5) is 0 Å². The maximum Gasteiger partial charge on any atom is 0.135 e. The number of hydrogen-bond donors (Lipinski definition) is 0. The maximum absolute atomic E-state index is 6.63. The highest BCUT2D eigenvalue weighted by molar-refractivity contribution is 6.27. The van der Waals surface area contributed by atoms with E-state index >= 15 is 0 Å². The smallest absolute Gasteiger partial charge is 0.135 e. The summed E-state index contributed by atoms with van der Waals surface area (Å²) in [6.45, 7) is 14.2. The van der Waals surface area contributed by atoms with Gasteiger partial charge in [0.1, 0.15) is 22.3 Å². The molecule has 2 heteroatoms. The zero-order chi connectivity index (χ0) is 90.1. The van der Waals surface area contributed by atoms with Crippen LogP contribution in [0.15, 0.2) is 433 Å². The summed E-state index contributed by atoms with van der Waals surface area (Å²) in [6.07, 6.45) is 0. The second kappa shape index (κ2) is 28.0. The van der Waals surface area contributed by atoms with Gasteiger partial charge < -0.3 is 8.83 Å². The van der Waals surface area contributed by atoms with Gasteiger partial charge in [0.25, 0.3) is 0 Å². The molecule has 25 aromatic rings. The lowest BCUT2D eigenvalue weighted by Crippen LogP contribution is -2.25. The Bertz CT molecular complexity index is 9490. The second-order valence-electron chi connectivity index (χ2n) is 40.1. The molecule has 0 N–H and O–H groups in total. The van der Waals surface area contributed by atoms with Gasteiger partial charge in [-0.05, 0) is 326 Å². The average molecular weight is 1730 g/mol. The Morgan fingerprint density at radius 3 is 0.831 bits per heavy atom. The molecular weight excluding hydrogens is 1640 g/mol. The molecule has 1 spiro atoms. The summed E-state index contributed by atoms with van der Waals surface area (Å²) < 4.78 is 13.2. The predicted octanol–water partition coefficient (Wildman–Crippen LogP) is 36.5. The van der Waals surface area contributed by atoms with Crippen LogP contribution in [0, 0.1) is 0 Å². The average Bonchev–Trinajstić information content (AvgIpc) is 1.49. The first-order chi connectivity index (χ1) is 66.7. The third-order valence-electron chi connectivity index (χ3n) is 32.3. The molecule has 5 aliphatic carbocycles. The lowest BCUT2D eigenvalue weighted by molar-refractivity contribution is 0.661. The molecule has 0 unspecified atom stereocenters. The van der Waals surface area contributed by atoms with Crippen molar-refractivity contribution in [1.82, 2.24) is 0 Å². The van der Waals surface area contributed by atoms with Crippen molar-refractivity contribution >= 4 is 119 Å². The fourth-order valence-corrected chi connectivity index (χ4v) is 26.1. The van der Waals surface area contributed by atoms with Crippen molar-refractivity contribution in [3.05, 3.63) is 480 Å². The molecule has 2 nitrogen and oxygen atoms in total. The minimum atomic E-state index is -0.416. The van der Waals surface area contributed by atoms with E-state index in [-0.39, 0.29) is 16.2 Å². The van der Waals surface area contributed by atoms with E-state index in [1.807, 2.05) is 0 Å². The third-order valence-corrected chi connectivity index (χ3v) is 32.3. The number of furan rings is 2. The molecular formula is C134H88O2. The van der Waals surface area contributed by atoms with Gasteiger partial charge in [0.05, 0.1) is 5.41 Å². The Morgan fingerprint density at radius 1 is 0.140 bits per heavy atom. The van der Waals surface area contributed by atoms with Gasteiger partial charge in [-0.1, -0.05) is 393 Å². The molecule has 0 bridgehead atoms. The van der Waals surface area contributed by atoms with E-state index in [4.69, 9.17) is 8.83 Å². The molecule has 0 aliphatic heterocycles. The summed E-state index contributed by atoms with van der Waals surface area (Å²) >= 11 is 0. The number of fused-ring (bicyclic) bond motifs is 35. The fourth-order valence-electron chi connectivity index (χ4n) is 26.1. The molecule has 636 valence electrons. The fraction of sp³-hybridized carbons (Fsp3) is 0.0746. The van der Waals surface area contributed by atoms with E-state index < -0.39 is 5.41 Å². The van der Waals surface area contributed by atoms with E-state index in [9.17, 15) is 0 Å². The van der Waals surface area contributed by atoms with Crippen molar-refractivity contribution in [3.8, 4) is 122 Å². The first kappa shape index (κ1) is 77.1. The van der Waals surface area contributed by atoms with Gasteiger partial charge in [-0.3, -0.25) is 0 Å². The van der Waals surface area contributed by atoms with Gasteiger partial charge in [0.2, 0.25) is 0 Å². The first-order valence-electron chi connectivity index (χ1n) is 48.0. The minimum absolute atomic E-state index is 0.0701. The van der Waals surface area contributed by atoms with E-state index in [1.165, 1.54) is 253 Å². The minimum Gasteiger partial charge on any atom is -0.456 e. The summed E-state index contributed by atoms with van der Waals surface area (Å²) in [5.41, 5.74) is 44.8. The quantitative estimate of drug-likeness (QED) is 0.155. The van der Waals surface area contributed by atoms with E-state index in [2.05, 4.69) is 466 Å². The Morgan fingerprint density at radius 2 is 0.412 bits per heavy atom. The summed E-state index contributed by atoms with van der Waals surface area (Å²) in [6, 6.07) is 159. The van der Waals surface area contributed by atoms with Crippen molar-refractivity contribution in [2.45, 2.75) is 63.2 Å². The van der Waals surface area contributed by atoms with Crippen LogP contribution in [0.5, 0.6) is 0 Å². The Hall–Kier alpha value is -16.5.